The Morgan fingerprint density at radius 1 is 1.24 bits per heavy atom. The number of rotatable bonds is 5. The molecule has 0 unspecified atom stereocenters. The maximum absolute atomic E-state index is 12.9. The fourth-order valence-corrected chi connectivity index (χ4v) is 3.85. The number of nitrogens with one attached hydrogen (secondary N) is 2. The highest BCUT2D eigenvalue weighted by atomic mass is 35.5. The smallest absolute Gasteiger partial charge is 0.324 e. The summed E-state index contributed by atoms with van der Waals surface area (Å²) in [6, 6.07) is 10.1. The van der Waals surface area contributed by atoms with Gasteiger partial charge in [0.15, 0.2) is 10.8 Å². The second-order valence-electron chi connectivity index (χ2n) is 7.03. The number of carbonyl (C=O) groups is 1. The molecule has 0 aliphatic carbocycles. The van der Waals surface area contributed by atoms with Crippen LogP contribution < -0.4 is 10.9 Å². The highest BCUT2D eigenvalue weighted by Gasteiger charge is 2.31. The number of thioether (sulfide) groups is 1. The Labute approximate surface area is 194 Å². The predicted molar refractivity (Wildman–Crippen MR) is 120 cm³/mol. The molecule has 1 amide bonds. The van der Waals surface area contributed by atoms with Gasteiger partial charge < -0.3 is 10.3 Å². The number of halogens is 4. The van der Waals surface area contributed by atoms with E-state index in [0.717, 1.165) is 41.2 Å². The summed E-state index contributed by atoms with van der Waals surface area (Å²) in [6.07, 6.45) is -3.17. The molecule has 2 aromatic carbocycles. The van der Waals surface area contributed by atoms with E-state index in [-0.39, 0.29) is 27.0 Å². The molecule has 12 heteroatoms. The van der Waals surface area contributed by atoms with Gasteiger partial charge in [-0.25, -0.2) is 9.67 Å². The van der Waals surface area contributed by atoms with Crippen molar-refractivity contribution in [1.82, 2.24) is 19.7 Å². The van der Waals surface area contributed by atoms with E-state index in [1.807, 2.05) is 31.2 Å². The van der Waals surface area contributed by atoms with Crippen LogP contribution in [0.1, 0.15) is 11.1 Å². The molecule has 0 fully saturated rings. The van der Waals surface area contributed by atoms with Crippen LogP contribution in [0, 0.1) is 6.92 Å². The first kappa shape index (κ1) is 22.9. The Morgan fingerprint density at radius 3 is 2.76 bits per heavy atom. The zero-order chi connectivity index (χ0) is 23.8. The monoisotopic (exact) mass is 493 g/mol. The normalized spacial score (nSPS) is 11.7. The fourth-order valence-electron chi connectivity index (χ4n) is 3.03. The van der Waals surface area contributed by atoms with E-state index in [1.54, 1.807) is 0 Å². The molecule has 2 aromatic heterocycles. The molecule has 2 N–H and O–H groups in total. The summed E-state index contributed by atoms with van der Waals surface area (Å²) in [6.45, 7) is 1.92. The number of amides is 1. The number of aromatic nitrogens is 4. The van der Waals surface area contributed by atoms with Crippen molar-refractivity contribution >= 4 is 46.0 Å². The first-order valence-electron chi connectivity index (χ1n) is 9.46. The summed E-state index contributed by atoms with van der Waals surface area (Å²) >= 11 is 6.83. The molecule has 0 spiro atoms. The molecule has 0 saturated heterocycles. The number of aromatic amines is 1. The zero-order valence-electron chi connectivity index (χ0n) is 16.9. The van der Waals surface area contributed by atoms with Gasteiger partial charge in [-0.1, -0.05) is 35.5 Å². The number of aryl methyl sites for hydroxylation is 1. The number of hydrogen-bond donors (Lipinski definition) is 2. The van der Waals surface area contributed by atoms with Gasteiger partial charge in [0.25, 0.3) is 5.56 Å². The number of anilines is 1. The lowest BCUT2D eigenvalue weighted by Gasteiger charge is -2.11. The van der Waals surface area contributed by atoms with Crippen LogP contribution >= 0.6 is 23.4 Å². The van der Waals surface area contributed by atoms with Crippen molar-refractivity contribution in [3.05, 3.63) is 75.2 Å². The summed E-state index contributed by atoms with van der Waals surface area (Å²) in [5, 5.41) is 7.00. The first-order chi connectivity index (χ1) is 15.6. The molecular formula is C21H15ClF3N5O2S. The third-order valence-electron chi connectivity index (χ3n) is 4.57. The lowest BCUT2D eigenvalue weighted by molar-refractivity contribution is -0.137. The third kappa shape index (κ3) is 5.04. The molecule has 7 nitrogen and oxygen atoms in total. The lowest BCUT2D eigenvalue weighted by atomic mass is 10.2. The van der Waals surface area contributed by atoms with Crippen LogP contribution in [0.4, 0.5) is 18.9 Å². The average molecular weight is 494 g/mol. The van der Waals surface area contributed by atoms with Gasteiger partial charge in [0.2, 0.25) is 5.91 Å². The van der Waals surface area contributed by atoms with Gasteiger partial charge in [-0.15, -0.1) is 0 Å². The molecule has 4 rings (SSSR count). The van der Waals surface area contributed by atoms with E-state index in [4.69, 9.17) is 11.6 Å². The number of hydrogen-bond acceptors (Lipinski definition) is 5. The Bertz CT molecular complexity index is 1420. The Balaban J connectivity index is 1.54. The summed E-state index contributed by atoms with van der Waals surface area (Å²) in [4.78, 5) is 31.7. The highest BCUT2D eigenvalue weighted by molar-refractivity contribution is 7.99. The van der Waals surface area contributed by atoms with Crippen molar-refractivity contribution in [2.24, 2.45) is 0 Å². The van der Waals surface area contributed by atoms with Crippen LogP contribution in [0.3, 0.4) is 0 Å². The van der Waals surface area contributed by atoms with Gasteiger partial charge >= 0.3 is 6.18 Å². The molecule has 0 radical (unpaired) electrons. The second kappa shape index (κ2) is 8.91. The standard InChI is InChI=1S/C21H15ClF3N5O2S/c1-11-3-2-4-13(7-11)30-18-14(9-26-30)19(32)29-20(28-18)33-10-17(31)27-16-8-12(21(23,24)25)5-6-15(16)22/h2-9H,10H2,1H3,(H,27,31)(H,28,29,32). The van der Waals surface area contributed by atoms with Crippen LogP contribution in [0.5, 0.6) is 0 Å². The maximum Gasteiger partial charge on any atom is 0.416 e. The van der Waals surface area contributed by atoms with Crippen LogP contribution in [-0.2, 0) is 11.0 Å². The van der Waals surface area contributed by atoms with E-state index < -0.39 is 23.2 Å². The summed E-state index contributed by atoms with van der Waals surface area (Å²) in [5.74, 6) is -0.837. The molecule has 4 aromatic rings. The summed E-state index contributed by atoms with van der Waals surface area (Å²) in [7, 11) is 0. The number of carbonyl (C=O) groups excluding carboxylic acids is 1. The van der Waals surface area contributed by atoms with E-state index >= 15 is 0 Å². The minimum Gasteiger partial charge on any atom is -0.324 e. The minimum atomic E-state index is -4.57. The third-order valence-corrected chi connectivity index (χ3v) is 5.77. The predicted octanol–water partition coefficient (Wildman–Crippen LogP) is 4.82. The molecule has 170 valence electrons. The van der Waals surface area contributed by atoms with Gasteiger partial charge in [0, 0.05) is 0 Å². The maximum atomic E-state index is 12.9. The Kier molecular flexibility index (Phi) is 6.17. The van der Waals surface area contributed by atoms with Crippen LogP contribution in [0.25, 0.3) is 16.7 Å². The number of benzene rings is 2. The fraction of sp³-hybridized carbons (Fsp3) is 0.143. The molecule has 0 atom stereocenters. The SMILES string of the molecule is Cc1cccc(-n2ncc3c(=O)[nH]c(SCC(=O)Nc4cc(C(F)(F)F)ccc4Cl)nc32)c1. The summed E-state index contributed by atoms with van der Waals surface area (Å²) in [5.41, 5.74) is 0.509. The van der Waals surface area contributed by atoms with Crippen molar-refractivity contribution in [3.63, 3.8) is 0 Å². The minimum absolute atomic E-state index is 0.0312. The van der Waals surface area contributed by atoms with E-state index in [9.17, 15) is 22.8 Å². The number of fused-ring (bicyclic) bond motifs is 1. The van der Waals surface area contributed by atoms with Crippen molar-refractivity contribution in [2.75, 3.05) is 11.1 Å². The van der Waals surface area contributed by atoms with Crippen molar-refractivity contribution in [3.8, 4) is 5.69 Å². The average Bonchev–Trinajstić information content (AvgIpc) is 3.18. The summed E-state index contributed by atoms with van der Waals surface area (Å²) < 4.78 is 40.3. The van der Waals surface area contributed by atoms with Crippen molar-refractivity contribution in [1.29, 1.82) is 0 Å². The van der Waals surface area contributed by atoms with E-state index in [1.165, 1.54) is 10.9 Å². The number of nitrogens with zero attached hydrogens (tertiary/aromatic N) is 3. The topological polar surface area (TPSA) is 92.7 Å². The lowest BCUT2D eigenvalue weighted by Crippen LogP contribution is -2.16. The quantitative estimate of drug-likeness (QED) is 0.307. The zero-order valence-corrected chi connectivity index (χ0v) is 18.5. The first-order valence-corrected chi connectivity index (χ1v) is 10.8. The van der Waals surface area contributed by atoms with Gasteiger partial charge in [-0.2, -0.15) is 18.3 Å². The molecule has 0 aliphatic rings. The van der Waals surface area contributed by atoms with Crippen LogP contribution in [0.2, 0.25) is 5.02 Å². The Hall–Kier alpha value is -3.31. The second-order valence-corrected chi connectivity index (χ2v) is 8.40. The van der Waals surface area contributed by atoms with Crippen LogP contribution in [0.15, 0.2) is 58.6 Å². The molecule has 0 bridgehead atoms. The molecule has 2 heterocycles. The van der Waals surface area contributed by atoms with Gasteiger partial charge in [-0.3, -0.25) is 9.59 Å². The molecular weight excluding hydrogens is 479 g/mol. The molecule has 0 aliphatic heterocycles. The van der Waals surface area contributed by atoms with Crippen molar-refractivity contribution in [2.45, 2.75) is 18.3 Å². The van der Waals surface area contributed by atoms with Gasteiger partial charge in [0.05, 0.1) is 33.9 Å². The molecule has 33 heavy (non-hydrogen) atoms. The molecule has 0 saturated carbocycles. The van der Waals surface area contributed by atoms with Gasteiger partial charge in [-0.05, 0) is 42.8 Å². The van der Waals surface area contributed by atoms with Crippen LogP contribution in [-0.4, -0.2) is 31.4 Å². The van der Waals surface area contributed by atoms with Gasteiger partial charge in [0.1, 0.15) is 5.39 Å². The highest BCUT2D eigenvalue weighted by Crippen LogP contribution is 2.34. The number of H-pyrrole nitrogens is 1. The van der Waals surface area contributed by atoms with E-state index in [0.29, 0.717) is 5.65 Å². The Morgan fingerprint density at radius 2 is 2.03 bits per heavy atom. The van der Waals surface area contributed by atoms with E-state index in [2.05, 4.69) is 20.4 Å². The largest absolute Gasteiger partial charge is 0.416 e. The number of alkyl halides is 3. The van der Waals surface area contributed by atoms with Crippen molar-refractivity contribution < 1.29 is 18.0 Å².